The van der Waals surface area contributed by atoms with Crippen molar-refractivity contribution in [3.05, 3.63) is 29.8 Å². The Morgan fingerprint density at radius 1 is 1.23 bits per heavy atom. The topological polar surface area (TPSA) is 60.9 Å². The molecule has 0 radical (unpaired) electrons. The fraction of sp³-hybridized carbons (Fsp3) is 0.529. The maximum Gasteiger partial charge on any atom is 0.253 e. The summed E-state index contributed by atoms with van der Waals surface area (Å²) in [6, 6.07) is 6.46. The van der Waals surface area contributed by atoms with E-state index < -0.39 is 0 Å². The smallest absolute Gasteiger partial charge is 0.253 e. The lowest BCUT2D eigenvalue weighted by Gasteiger charge is -2.35. The summed E-state index contributed by atoms with van der Waals surface area (Å²) in [7, 11) is 0. The summed E-state index contributed by atoms with van der Waals surface area (Å²) in [5.74, 6) is 0.241. The minimum Gasteiger partial charge on any atom is -0.508 e. The number of rotatable bonds is 3. The van der Waals surface area contributed by atoms with Crippen molar-refractivity contribution >= 4 is 11.8 Å². The van der Waals surface area contributed by atoms with Crippen LogP contribution in [0.5, 0.6) is 5.75 Å². The first-order valence-corrected chi connectivity index (χ1v) is 7.99. The van der Waals surface area contributed by atoms with Crippen LogP contribution in [-0.4, -0.2) is 52.4 Å². The molecule has 2 atom stereocenters. The van der Waals surface area contributed by atoms with Gasteiger partial charge in [0.15, 0.2) is 0 Å². The first-order valence-electron chi connectivity index (χ1n) is 7.99. The predicted octanol–water partition coefficient (Wildman–Crippen LogP) is 1.87. The van der Waals surface area contributed by atoms with Crippen molar-refractivity contribution < 1.29 is 14.7 Å². The number of carbonyl (C=O) groups is 2. The molecule has 0 unspecified atom stereocenters. The number of hydrogen-bond donors (Lipinski definition) is 1. The van der Waals surface area contributed by atoms with E-state index in [-0.39, 0.29) is 29.5 Å². The number of phenols is 1. The van der Waals surface area contributed by atoms with Gasteiger partial charge in [0.25, 0.3) is 5.91 Å². The van der Waals surface area contributed by atoms with Crippen LogP contribution in [0.3, 0.4) is 0 Å². The Kier molecular flexibility index (Phi) is 4.05. The van der Waals surface area contributed by atoms with Crippen LogP contribution in [-0.2, 0) is 4.79 Å². The van der Waals surface area contributed by atoms with Crippen LogP contribution in [0, 0.1) is 5.92 Å². The monoisotopic (exact) mass is 302 g/mol. The lowest BCUT2D eigenvalue weighted by molar-refractivity contribution is -0.139. The van der Waals surface area contributed by atoms with Gasteiger partial charge in [-0.3, -0.25) is 9.59 Å². The second-order valence-electron chi connectivity index (χ2n) is 6.22. The number of fused-ring (bicyclic) bond motifs is 4. The zero-order valence-corrected chi connectivity index (χ0v) is 12.9. The average molecular weight is 302 g/mol. The van der Waals surface area contributed by atoms with Gasteiger partial charge in [0.05, 0.1) is 5.92 Å². The van der Waals surface area contributed by atoms with Crippen LogP contribution in [0.25, 0.3) is 0 Å². The van der Waals surface area contributed by atoms with Gasteiger partial charge in [0.2, 0.25) is 5.91 Å². The molecule has 3 fully saturated rings. The van der Waals surface area contributed by atoms with Crippen LogP contribution >= 0.6 is 0 Å². The first kappa shape index (κ1) is 14.9. The summed E-state index contributed by atoms with van der Waals surface area (Å²) < 4.78 is 0. The van der Waals surface area contributed by atoms with Crippen molar-refractivity contribution in [1.29, 1.82) is 0 Å². The summed E-state index contributed by atoms with van der Waals surface area (Å²) in [5.41, 5.74) is 0.564. The lowest BCUT2D eigenvalue weighted by atomic mass is 9.94. The van der Waals surface area contributed by atoms with Crippen LogP contribution < -0.4 is 0 Å². The zero-order valence-electron chi connectivity index (χ0n) is 12.9. The van der Waals surface area contributed by atoms with Crippen molar-refractivity contribution in [2.45, 2.75) is 32.2 Å². The lowest BCUT2D eigenvalue weighted by Crippen LogP contribution is -2.48. The summed E-state index contributed by atoms with van der Waals surface area (Å²) in [4.78, 5) is 28.9. The molecular formula is C17H22N2O3. The van der Waals surface area contributed by atoms with Crippen molar-refractivity contribution in [2.24, 2.45) is 5.92 Å². The van der Waals surface area contributed by atoms with E-state index in [1.165, 1.54) is 12.1 Å². The second-order valence-corrected chi connectivity index (χ2v) is 6.22. The third kappa shape index (κ3) is 2.67. The fourth-order valence-electron chi connectivity index (χ4n) is 3.53. The van der Waals surface area contributed by atoms with Gasteiger partial charge in [-0.15, -0.1) is 0 Å². The maximum absolute atomic E-state index is 12.7. The molecule has 118 valence electrons. The SMILES string of the molecule is CCCN1C(=O)[C@@H]2CC[C@H]1CN(C(=O)c1ccc(O)cc1)C2. The average Bonchev–Trinajstić information content (AvgIpc) is 2.80. The molecule has 3 heterocycles. The highest BCUT2D eigenvalue weighted by molar-refractivity contribution is 5.95. The number of piperidine rings is 1. The quantitative estimate of drug-likeness (QED) is 0.927. The maximum atomic E-state index is 12.7. The summed E-state index contributed by atoms with van der Waals surface area (Å²) >= 11 is 0. The molecular weight excluding hydrogens is 280 g/mol. The molecule has 2 bridgehead atoms. The molecule has 3 aliphatic heterocycles. The van der Waals surface area contributed by atoms with Crippen LogP contribution in [0.1, 0.15) is 36.5 Å². The van der Waals surface area contributed by atoms with Gasteiger partial charge < -0.3 is 14.9 Å². The summed E-state index contributed by atoms with van der Waals surface area (Å²) in [6.45, 7) is 3.98. The van der Waals surface area contributed by atoms with Gasteiger partial charge in [0.1, 0.15) is 5.75 Å². The Balaban J connectivity index is 1.80. The third-order valence-electron chi connectivity index (χ3n) is 4.66. The summed E-state index contributed by atoms with van der Waals surface area (Å²) in [6.07, 6.45) is 2.81. The Labute approximate surface area is 130 Å². The van der Waals surface area contributed by atoms with Crippen molar-refractivity contribution in [1.82, 2.24) is 9.80 Å². The number of hydrogen-bond acceptors (Lipinski definition) is 3. The van der Waals surface area contributed by atoms with Crippen LogP contribution in [0.4, 0.5) is 0 Å². The third-order valence-corrected chi connectivity index (χ3v) is 4.66. The molecule has 5 nitrogen and oxygen atoms in total. The molecule has 5 heteroatoms. The van der Waals surface area contributed by atoms with E-state index >= 15 is 0 Å². The van der Waals surface area contributed by atoms with Crippen LogP contribution in [0.2, 0.25) is 0 Å². The molecule has 3 saturated heterocycles. The van der Waals surface area contributed by atoms with Crippen LogP contribution in [0.15, 0.2) is 24.3 Å². The van der Waals surface area contributed by atoms with Crippen molar-refractivity contribution in [2.75, 3.05) is 19.6 Å². The van der Waals surface area contributed by atoms with E-state index in [2.05, 4.69) is 6.92 Å². The first-order chi connectivity index (χ1) is 10.6. The number of aromatic hydroxyl groups is 1. The number of benzene rings is 1. The largest absolute Gasteiger partial charge is 0.508 e. The predicted molar refractivity (Wildman–Crippen MR) is 82.5 cm³/mol. The molecule has 0 aliphatic carbocycles. The molecule has 3 aliphatic rings. The highest BCUT2D eigenvalue weighted by Gasteiger charge is 2.41. The molecule has 0 spiro atoms. The Bertz CT molecular complexity index is 570. The molecule has 22 heavy (non-hydrogen) atoms. The number of nitrogens with zero attached hydrogens (tertiary/aromatic N) is 2. The molecule has 0 aromatic heterocycles. The molecule has 1 N–H and O–H groups in total. The van der Waals surface area contributed by atoms with Gasteiger partial charge in [-0.2, -0.15) is 0 Å². The fourth-order valence-corrected chi connectivity index (χ4v) is 3.53. The van der Waals surface area contributed by atoms with Crippen molar-refractivity contribution in [3.63, 3.8) is 0 Å². The minimum absolute atomic E-state index is 0.0527. The van der Waals surface area contributed by atoms with Gasteiger partial charge in [-0.1, -0.05) is 6.92 Å². The van der Waals surface area contributed by atoms with E-state index in [1.807, 2.05) is 9.80 Å². The molecule has 1 aromatic carbocycles. The zero-order chi connectivity index (χ0) is 15.7. The second kappa shape index (κ2) is 5.99. The highest BCUT2D eigenvalue weighted by atomic mass is 16.3. The van der Waals surface area contributed by atoms with Crippen molar-refractivity contribution in [3.8, 4) is 5.75 Å². The van der Waals surface area contributed by atoms with Gasteiger partial charge in [-0.25, -0.2) is 0 Å². The van der Waals surface area contributed by atoms with E-state index in [0.717, 1.165) is 25.8 Å². The van der Waals surface area contributed by atoms with E-state index in [1.54, 1.807) is 12.1 Å². The normalized spacial score (nSPS) is 24.5. The Morgan fingerprint density at radius 2 is 1.95 bits per heavy atom. The summed E-state index contributed by atoms with van der Waals surface area (Å²) in [5, 5.41) is 9.34. The van der Waals surface area contributed by atoms with E-state index in [0.29, 0.717) is 18.7 Å². The molecule has 1 aromatic rings. The van der Waals surface area contributed by atoms with Gasteiger partial charge in [0, 0.05) is 31.2 Å². The minimum atomic E-state index is -0.0636. The highest BCUT2D eigenvalue weighted by Crippen LogP contribution is 2.30. The van der Waals surface area contributed by atoms with E-state index in [4.69, 9.17) is 0 Å². The molecule has 0 saturated carbocycles. The molecule has 4 rings (SSSR count). The standard InChI is InChI=1S/C17H22N2O3/c1-2-9-19-14-6-3-13(17(19)22)10-18(11-14)16(21)12-4-7-15(20)8-5-12/h4-5,7-8,13-14,20H,2-3,6,9-11H2,1H3/t13-,14+/m1/s1. The molecule has 2 amide bonds. The van der Waals surface area contributed by atoms with Gasteiger partial charge >= 0.3 is 0 Å². The Hall–Kier alpha value is -2.04. The number of phenolic OH excluding ortho intramolecular Hbond substituents is 1. The van der Waals surface area contributed by atoms with Gasteiger partial charge in [-0.05, 0) is 43.5 Å². The van der Waals surface area contributed by atoms with E-state index in [9.17, 15) is 14.7 Å². The number of carbonyl (C=O) groups excluding carboxylic acids is 2. The number of amides is 2. The Morgan fingerprint density at radius 3 is 2.64 bits per heavy atom.